The molecule has 0 amide bonds. The van der Waals surface area contributed by atoms with Gasteiger partial charge in [-0.1, -0.05) is 49.1 Å². The van der Waals surface area contributed by atoms with Crippen LogP contribution in [0.15, 0.2) is 85.2 Å². The number of terminal acetylenes is 1. The summed E-state index contributed by atoms with van der Waals surface area (Å²) in [5.74, 6) is 0.518. The first-order valence-electron chi connectivity index (χ1n) is 13.5. The van der Waals surface area contributed by atoms with Crippen molar-refractivity contribution in [3.63, 3.8) is 0 Å². The normalized spacial score (nSPS) is 14.1. The molecule has 0 radical (unpaired) electrons. The van der Waals surface area contributed by atoms with E-state index in [4.69, 9.17) is 4.98 Å². The fourth-order valence-electron chi connectivity index (χ4n) is 5.19. The van der Waals surface area contributed by atoms with E-state index in [-0.39, 0.29) is 5.82 Å². The molecule has 1 fully saturated rings. The molecule has 4 aromatic rings. The summed E-state index contributed by atoms with van der Waals surface area (Å²) in [4.78, 5) is 15.1. The van der Waals surface area contributed by atoms with Gasteiger partial charge in [0.05, 0.1) is 17.2 Å². The van der Waals surface area contributed by atoms with Crippen molar-refractivity contribution in [2.24, 2.45) is 0 Å². The van der Waals surface area contributed by atoms with Crippen LogP contribution in [-0.2, 0) is 6.42 Å². The van der Waals surface area contributed by atoms with Crippen LogP contribution in [0.25, 0.3) is 27.7 Å². The third-order valence-electron chi connectivity index (χ3n) is 7.19. The van der Waals surface area contributed by atoms with Gasteiger partial charge >= 0.3 is 0 Å². The Morgan fingerprint density at radius 3 is 2.60 bits per heavy atom. The fourth-order valence-corrected chi connectivity index (χ4v) is 5.19. The van der Waals surface area contributed by atoms with Crippen LogP contribution in [0.5, 0.6) is 0 Å². The van der Waals surface area contributed by atoms with Crippen LogP contribution < -0.4 is 5.32 Å². The summed E-state index contributed by atoms with van der Waals surface area (Å²) >= 11 is 0. The standard InChI is InChI=1S/C32H34FN5.C2H2/c1-4-22(21-38-14-8-9-15-38)16-23(5-2)24-12-13-29(34-3)25(17-24)18-31-36-30-20-35-19-27(32(30)37-31)26-10-6-7-11-28(26)33;1-2/h4-7,10-13,16-17,19-20,34H,1,8-9,14-15,18,21H2,2-3H3,(H,36,37);1-2H/b22-16+,23-5+;. The molecule has 1 saturated heterocycles. The molecular formula is C34H36FN5. The lowest BCUT2D eigenvalue weighted by Gasteiger charge is -2.16. The number of imidazole rings is 1. The summed E-state index contributed by atoms with van der Waals surface area (Å²) in [6.45, 7) is 9.38. The quantitative estimate of drug-likeness (QED) is 0.176. The van der Waals surface area contributed by atoms with Crippen molar-refractivity contribution in [2.45, 2.75) is 26.2 Å². The number of allylic oxidation sites excluding steroid dienone is 3. The molecule has 1 aliphatic heterocycles. The molecule has 2 N–H and O–H groups in total. The van der Waals surface area contributed by atoms with Crippen molar-refractivity contribution >= 4 is 22.3 Å². The second-order valence-corrected chi connectivity index (χ2v) is 9.70. The van der Waals surface area contributed by atoms with Gasteiger partial charge in [0.1, 0.15) is 11.6 Å². The Balaban J connectivity index is 0.00000181. The van der Waals surface area contributed by atoms with Gasteiger partial charge in [0.25, 0.3) is 0 Å². The van der Waals surface area contributed by atoms with Gasteiger partial charge < -0.3 is 10.3 Å². The van der Waals surface area contributed by atoms with Crippen molar-refractivity contribution < 1.29 is 4.39 Å². The number of nitrogens with zero attached hydrogens (tertiary/aromatic N) is 3. The number of aromatic nitrogens is 3. The molecule has 204 valence electrons. The number of aromatic amines is 1. The molecule has 6 heteroatoms. The number of rotatable bonds is 9. The van der Waals surface area contributed by atoms with E-state index in [0.29, 0.717) is 17.5 Å². The van der Waals surface area contributed by atoms with Gasteiger partial charge in [0, 0.05) is 43.0 Å². The molecule has 0 saturated carbocycles. The number of H-pyrrole nitrogens is 1. The van der Waals surface area contributed by atoms with Crippen LogP contribution in [0, 0.1) is 18.7 Å². The first-order chi connectivity index (χ1) is 19.6. The van der Waals surface area contributed by atoms with Crippen molar-refractivity contribution in [1.29, 1.82) is 0 Å². The molecule has 0 bridgehead atoms. The molecule has 0 unspecified atom stereocenters. The summed E-state index contributed by atoms with van der Waals surface area (Å²) in [6.07, 6.45) is 20.9. The number of hydrogen-bond donors (Lipinski definition) is 2. The smallest absolute Gasteiger partial charge is 0.131 e. The summed E-state index contributed by atoms with van der Waals surface area (Å²) < 4.78 is 14.5. The molecule has 5 nitrogen and oxygen atoms in total. The van der Waals surface area contributed by atoms with Crippen molar-refractivity contribution in [1.82, 2.24) is 19.9 Å². The van der Waals surface area contributed by atoms with E-state index in [1.54, 1.807) is 24.5 Å². The maximum Gasteiger partial charge on any atom is 0.131 e. The maximum absolute atomic E-state index is 14.5. The van der Waals surface area contributed by atoms with E-state index >= 15 is 0 Å². The van der Waals surface area contributed by atoms with E-state index in [0.717, 1.165) is 53.3 Å². The topological polar surface area (TPSA) is 56.8 Å². The third-order valence-corrected chi connectivity index (χ3v) is 7.19. The number of anilines is 1. The molecule has 5 rings (SSSR count). The average molecular weight is 534 g/mol. The van der Waals surface area contributed by atoms with Gasteiger partial charge in [-0.05, 0) is 73.3 Å². The van der Waals surface area contributed by atoms with E-state index < -0.39 is 0 Å². The second kappa shape index (κ2) is 13.5. The number of nitrogens with one attached hydrogen (secondary N) is 2. The van der Waals surface area contributed by atoms with Crippen molar-refractivity contribution in [2.75, 3.05) is 32.0 Å². The van der Waals surface area contributed by atoms with Crippen LogP contribution in [0.1, 0.15) is 36.7 Å². The Hall–Kier alpha value is -4.47. The summed E-state index contributed by atoms with van der Waals surface area (Å²) in [7, 11) is 1.93. The summed E-state index contributed by atoms with van der Waals surface area (Å²) in [5, 5.41) is 3.32. The van der Waals surface area contributed by atoms with Gasteiger partial charge in [-0.25, -0.2) is 9.37 Å². The highest BCUT2D eigenvalue weighted by atomic mass is 19.1. The van der Waals surface area contributed by atoms with Crippen LogP contribution in [0.3, 0.4) is 0 Å². The second-order valence-electron chi connectivity index (χ2n) is 9.70. The molecule has 2 aromatic heterocycles. The number of likely N-dealkylation sites (tertiary alicyclic amines) is 1. The lowest BCUT2D eigenvalue weighted by Crippen LogP contribution is -2.21. The fraction of sp³-hybridized carbons (Fsp3) is 0.235. The van der Waals surface area contributed by atoms with Gasteiger partial charge in [0.2, 0.25) is 0 Å². The lowest BCUT2D eigenvalue weighted by atomic mass is 9.98. The van der Waals surface area contributed by atoms with Crippen molar-refractivity contribution in [3.05, 3.63) is 108 Å². The number of hydrogen-bond acceptors (Lipinski definition) is 4. The van der Waals surface area contributed by atoms with Crippen LogP contribution in [-0.4, -0.2) is 46.5 Å². The minimum atomic E-state index is -0.285. The zero-order valence-corrected chi connectivity index (χ0v) is 23.3. The summed E-state index contributed by atoms with van der Waals surface area (Å²) in [5.41, 5.74) is 8.39. The minimum Gasteiger partial charge on any atom is -0.388 e. The first kappa shape index (κ1) is 28.5. The van der Waals surface area contributed by atoms with E-state index in [2.05, 4.69) is 76.9 Å². The lowest BCUT2D eigenvalue weighted by molar-refractivity contribution is 0.371. The molecule has 3 heterocycles. The number of fused-ring (bicyclic) bond motifs is 1. The Bertz CT molecular complexity index is 1550. The third kappa shape index (κ3) is 6.39. The molecular weight excluding hydrogens is 497 g/mol. The summed E-state index contributed by atoms with van der Waals surface area (Å²) in [6, 6.07) is 13.2. The Kier molecular flexibility index (Phi) is 9.66. The van der Waals surface area contributed by atoms with E-state index in [1.165, 1.54) is 30.1 Å². The van der Waals surface area contributed by atoms with Crippen LogP contribution in [0.4, 0.5) is 10.1 Å². The van der Waals surface area contributed by atoms with E-state index in [1.807, 2.05) is 19.2 Å². The molecule has 0 atom stereocenters. The zero-order valence-electron chi connectivity index (χ0n) is 23.3. The largest absolute Gasteiger partial charge is 0.388 e. The highest BCUT2D eigenvalue weighted by molar-refractivity contribution is 5.91. The Labute approximate surface area is 236 Å². The van der Waals surface area contributed by atoms with Gasteiger partial charge in [0.15, 0.2) is 0 Å². The molecule has 0 spiro atoms. The minimum absolute atomic E-state index is 0.285. The number of halogens is 1. The average Bonchev–Trinajstić information content (AvgIpc) is 3.66. The monoisotopic (exact) mass is 533 g/mol. The van der Waals surface area contributed by atoms with Crippen molar-refractivity contribution in [3.8, 4) is 24.0 Å². The van der Waals surface area contributed by atoms with E-state index in [9.17, 15) is 4.39 Å². The van der Waals surface area contributed by atoms with Gasteiger partial charge in [-0.2, -0.15) is 0 Å². The highest BCUT2D eigenvalue weighted by Gasteiger charge is 2.15. The molecule has 1 aliphatic rings. The highest BCUT2D eigenvalue weighted by Crippen LogP contribution is 2.30. The van der Waals surface area contributed by atoms with Gasteiger partial charge in [-0.3, -0.25) is 9.88 Å². The predicted molar refractivity (Wildman–Crippen MR) is 166 cm³/mol. The first-order valence-corrected chi connectivity index (χ1v) is 13.5. The molecule has 2 aromatic carbocycles. The number of benzene rings is 2. The number of pyridine rings is 1. The molecule has 0 aliphatic carbocycles. The SMILES string of the molecule is C#C.C=C/C(=C\C(=C/C)c1ccc(NC)c(Cc2nc3c(-c4ccccc4F)cncc3[nH]2)c1)CN1CCCC1. The zero-order chi connectivity index (χ0) is 28.5. The van der Waals surface area contributed by atoms with Crippen LogP contribution >= 0.6 is 0 Å². The Morgan fingerprint density at radius 2 is 1.90 bits per heavy atom. The predicted octanol–water partition coefficient (Wildman–Crippen LogP) is 7.26. The molecule has 40 heavy (non-hydrogen) atoms. The van der Waals surface area contributed by atoms with Gasteiger partial charge in [-0.15, -0.1) is 12.8 Å². The maximum atomic E-state index is 14.5. The Morgan fingerprint density at radius 1 is 1.12 bits per heavy atom. The van der Waals surface area contributed by atoms with Crippen LogP contribution in [0.2, 0.25) is 0 Å².